The Labute approximate surface area is 99.4 Å². The summed E-state index contributed by atoms with van der Waals surface area (Å²) < 4.78 is 0. The highest BCUT2D eigenvalue weighted by atomic mass is 16.1. The van der Waals surface area contributed by atoms with Crippen LogP contribution >= 0.6 is 0 Å². The van der Waals surface area contributed by atoms with E-state index in [2.05, 4.69) is 24.5 Å². The first kappa shape index (κ1) is 13.5. The molecule has 0 bridgehead atoms. The molecule has 94 valence electrons. The van der Waals surface area contributed by atoms with Crippen molar-refractivity contribution in [2.24, 2.45) is 5.92 Å². The van der Waals surface area contributed by atoms with E-state index in [0.717, 1.165) is 25.4 Å². The monoisotopic (exact) mass is 226 g/mol. The molecule has 1 aliphatic rings. The number of amides is 1. The molecule has 1 unspecified atom stereocenters. The summed E-state index contributed by atoms with van der Waals surface area (Å²) in [6.45, 7) is 5.90. The van der Waals surface area contributed by atoms with Crippen molar-refractivity contribution in [1.29, 1.82) is 0 Å². The first-order chi connectivity index (χ1) is 7.72. The summed E-state index contributed by atoms with van der Waals surface area (Å²) in [6, 6.07) is 0.560. The molecule has 1 rings (SSSR count). The van der Waals surface area contributed by atoms with Crippen molar-refractivity contribution >= 4 is 5.91 Å². The molecule has 0 saturated heterocycles. The van der Waals surface area contributed by atoms with E-state index in [1.807, 2.05) is 0 Å². The Morgan fingerprint density at radius 1 is 1.38 bits per heavy atom. The van der Waals surface area contributed by atoms with Crippen LogP contribution in [0.3, 0.4) is 0 Å². The van der Waals surface area contributed by atoms with E-state index in [0.29, 0.717) is 12.5 Å². The highest BCUT2D eigenvalue weighted by Crippen LogP contribution is 2.30. The van der Waals surface area contributed by atoms with Crippen molar-refractivity contribution in [3.8, 4) is 0 Å². The van der Waals surface area contributed by atoms with Crippen LogP contribution in [-0.2, 0) is 4.79 Å². The summed E-state index contributed by atoms with van der Waals surface area (Å²) >= 11 is 0. The normalized spacial score (nSPS) is 17.9. The van der Waals surface area contributed by atoms with Gasteiger partial charge in [0.1, 0.15) is 0 Å². The highest BCUT2D eigenvalue weighted by Gasteiger charge is 2.19. The van der Waals surface area contributed by atoms with Crippen LogP contribution in [0.5, 0.6) is 0 Å². The van der Waals surface area contributed by atoms with Crippen molar-refractivity contribution in [1.82, 2.24) is 10.6 Å². The van der Waals surface area contributed by atoms with Gasteiger partial charge in [-0.2, -0.15) is 0 Å². The van der Waals surface area contributed by atoms with E-state index in [-0.39, 0.29) is 5.91 Å². The van der Waals surface area contributed by atoms with Gasteiger partial charge in [-0.05, 0) is 25.7 Å². The fourth-order valence-corrected chi connectivity index (χ4v) is 2.10. The molecule has 1 fully saturated rings. The van der Waals surface area contributed by atoms with Crippen molar-refractivity contribution in [3.05, 3.63) is 0 Å². The second kappa shape index (κ2) is 7.66. The molecule has 0 aliphatic heterocycles. The molecule has 0 aromatic carbocycles. The van der Waals surface area contributed by atoms with E-state index in [9.17, 15) is 4.79 Å². The molecule has 1 aliphatic carbocycles. The summed E-state index contributed by atoms with van der Waals surface area (Å²) in [7, 11) is 0. The Morgan fingerprint density at radius 2 is 2.12 bits per heavy atom. The van der Waals surface area contributed by atoms with Gasteiger partial charge in [0.2, 0.25) is 5.91 Å². The molecule has 1 saturated carbocycles. The number of hydrogen-bond donors (Lipinski definition) is 2. The predicted octanol–water partition coefficient (Wildman–Crippen LogP) is 2.07. The minimum Gasteiger partial charge on any atom is -0.356 e. The summed E-state index contributed by atoms with van der Waals surface area (Å²) in [6.07, 6.45) is 7.12. The molecule has 0 heterocycles. The number of carbonyl (C=O) groups is 1. The summed E-state index contributed by atoms with van der Waals surface area (Å²) in [5.74, 6) is 1.11. The molecular weight excluding hydrogens is 200 g/mol. The van der Waals surface area contributed by atoms with Crippen molar-refractivity contribution in [2.75, 3.05) is 13.1 Å². The van der Waals surface area contributed by atoms with Crippen LogP contribution in [0.4, 0.5) is 0 Å². The molecule has 2 N–H and O–H groups in total. The fourth-order valence-electron chi connectivity index (χ4n) is 2.10. The Morgan fingerprint density at radius 3 is 2.69 bits per heavy atom. The zero-order chi connectivity index (χ0) is 11.8. The Hall–Kier alpha value is -0.570. The molecule has 0 spiro atoms. The van der Waals surface area contributed by atoms with Crippen LogP contribution in [0.15, 0.2) is 0 Å². The molecule has 0 aromatic heterocycles. The SMILES string of the molecule is CCCNC(=O)CCNC(C)CC1CCC1. The quantitative estimate of drug-likeness (QED) is 0.665. The zero-order valence-electron chi connectivity index (χ0n) is 10.7. The molecule has 1 atom stereocenters. The summed E-state index contributed by atoms with van der Waals surface area (Å²) in [5.41, 5.74) is 0. The van der Waals surface area contributed by atoms with Crippen LogP contribution in [0.25, 0.3) is 0 Å². The fraction of sp³-hybridized carbons (Fsp3) is 0.923. The average Bonchev–Trinajstić information content (AvgIpc) is 2.20. The Balaban J connectivity index is 1.94. The maximum Gasteiger partial charge on any atom is 0.221 e. The van der Waals surface area contributed by atoms with Gasteiger partial charge in [0.15, 0.2) is 0 Å². The standard InChI is InChI=1S/C13H26N2O/c1-3-8-15-13(16)7-9-14-11(2)10-12-5-4-6-12/h11-12,14H,3-10H2,1-2H3,(H,15,16). The van der Waals surface area contributed by atoms with Crippen molar-refractivity contribution in [3.63, 3.8) is 0 Å². The summed E-state index contributed by atoms with van der Waals surface area (Å²) in [5, 5.41) is 6.32. The maximum absolute atomic E-state index is 11.3. The van der Waals surface area contributed by atoms with Crippen LogP contribution in [0.1, 0.15) is 52.4 Å². The van der Waals surface area contributed by atoms with E-state index >= 15 is 0 Å². The topological polar surface area (TPSA) is 41.1 Å². The van der Waals surface area contributed by atoms with Gasteiger partial charge in [-0.1, -0.05) is 26.2 Å². The molecule has 0 aromatic rings. The van der Waals surface area contributed by atoms with Gasteiger partial charge in [-0.25, -0.2) is 0 Å². The minimum atomic E-state index is 0.171. The van der Waals surface area contributed by atoms with E-state index < -0.39 is 0 Å². The average molecular weight is 226 g/mol. The number of hydrogen-bond acceptors (Lipinski definition) is 2. The third-order valence-electron chi connectivity index (χ3n) is 3.33. The largest absolute Gasteiger partial charge is 0.356 e. The Bertz CT molecular complexity index is 202. The third kappa shape index (κ3) is 5.50. The lowest BCUT2D eigenvalue weighted by Crippen LogP contribution is -2.34. The van der Waals surface area contributed by atoms with Gasteiger partial charge in [0.05, 0.1) is 0 Å². The molecule has 3 heteroatoms. The van der Waals surface area contributed by atoms with Crippen molar-refractivity contribution < 1.29 is 4.79 Å². The van der Waals surface area contributed by atoms with Gasteiger partial charge in [0, 0.05) is 25.6 Å². The van der Waals surface area contributed by atoms with Crippen molar-refractivity contribution in [2.45, 2.75) is 58.4 Å². The van der Waals surface area contributed by atoms with E-state index in [1.165, 1.54) is 25.7 Å². The third-order valence-corrected chi connectivity index (χ3v) is 3.33. The van der Waals surface area contributed by atoms with E-state index in [1.54, 1.807) is 0 Å². The molecular formula is C13H26N2O. The lowest BCUT2D eigenvalue weighted by atomic mass is 9.81. The zero-order valence-corrected chi connectivity index (χ0v) is 10.7. The van der Waals surface area contributed by atoms with Gasteiger partial charge >= 0.3 is 0 Å². The van der Waals surface area contributed by atoms with Gasteiger partial charge < -0.3 is 10.6 Å². The predicted molar refractivity (Wildman–Crippen MR) is 67.3 cm³/mol. The molecule has 3 nitrogen and oxygen atoms in total. The van der Waals surface area contributed by atoms with Crippen LogP contribution in [-0.4, -0.2) is 25.0 Å². The van der Waals surface area contributed by atoms with Crippen LogP contribution in [0, 0.1) is 5.92 Å². The van der Waals surface area contributed by atoms with Crippen LogP contribution in [0.2, 0.25) is 0 Å². The number of carbonyl (C=O) groups excluding carboxylic acids is 1. The lowest BCUT2D eigenvalue weighted by molar-refractivity contribution is -0.121. The molecule has 0 radical (unpaired) electrons. The van der Waals surface area contributed by atoms with Crippen LogP contribution < -0.4 is 10.6 Å². The first-order valence-corrected chi connectivity index (χ1v) is 6.72. The van der Waals surface area contributed by atoms with Gasteiger partial charge in [-0.3, -0.25) is 4.79 Å². The number of nitrogens with one attached hydrogen (secondary N) is 2. The second-order valence-corrected chi connectivity index (χ2v) is 4.99. The first-order valence-electron chi connectivity index (χ1n) is 6.72. The molecule has 16 heavy (non-hydrogen) atoms. The minimum absolute atomic E-state index is 0.171. The van der Waals surface area contributed by atoms with Gasteiger partial charge in [0.25, 0.3) is 0 Å². The second-order valence-electron chi connectivity index (χ2n) is 4.99. The molecule has 1 amide bonds. The summed E-state index contributed by atoms with van der Waals surface area (Å²) in [4.78, 5) is 11.3. The number of rotatable bonds is 8. The van der Waals surface area contributed by atoms with Gasteiger partial charge in [-0.15, -0.1) is 0 Å². The van der Waals surface area contributed by atoms with E-state index in [4.69, 9.17) is 0 Å². The lowest BCUT2D eigenvalue weighted by Gasteiger charge is -2.28. The Kier molecular flexibility index (Phi) is 6.46. The smallest absolute Gasteiger partial charge is 0.221 e. The highest BCUT2D eigenvalue weighted by molar-refractivity contribution is 5.75. The maximum atomic E-state index is 11.3.